The van der Waals surface area contributed by atoms with Gasteiger partial charge in [-0.15, -0.1) is 11.6 Å². The predicted octanol–water partition coefficient (Wildman–Crippen LogP) is 2.34. The number of rotatable bonds is 4. The summed E-state index contributed by atoms with van der Waals surface area (Å²) in [5, 5.41) is 11.0. The van der Waals surface area contributed by atoms with Crippen LogP contribution in [0.5, 0.6) is 0 Å². The van der Waals surface area contributed by atoms with Crippen LogP contribution in [0.15, 0.2) is 18.2 Å². The lowest BCUT2D eigenvalue weighted by atomic mass is 10.1. The van der Waals surface area contributed by atoms with Crippen LogP contribution in [0, 0.1) is 11.7 Å². The number of nitrogens with one attached hydrogen (secondary N) is 1. The molecule has 0 aliphatic carbocycles. The Hall–Kier alpha value is -1.62. The molecule has 0 aliphatic heterocycles. The van der Waals surface area contributed by atoms with Crippen molar-refractivity contribution in [3.05, 3.63) is 29.6 Å². The van der Waals surface area contributed by atoms with Crippen molar-refractivity contribution < 1.29 is 19.1 Å². The van der Waals surface area contributed by atoms with E-state index in [0.717, 1.165) is 18.2 Å². The zero-order valence-corrected chi connectivity index (χ0v) is 9.79. The average Bonchev–Trinajstić information content (AvgIpc) is 2.30. The summed E-state index contributed by atoms with van der Waals surface area (Å²) in [6.45, 7) is 1.58. The van der Waals surface area contributed by atoms with Crippen LogP contribution in [0.3, 0.4) is 0 Å². The maximum absolute atomic E-state index is 13.3. The average molecular weight is 260 g/mol. The Kier molecular flexibility index (Phi) is 4.45. The molecule has 2 N–H and O–H groups in total. The molecular weight excluding hydrogens is 249 g/mol. The zero-order valence-electron chi connectivity index (χ0n) is 9.04. The van der Waals surface area contributed by atoms with Gasteiger partial charge in [-0.1, -0.05) is 6.92 Å². The number of hydrogen-bond acceptors (Lipinski definition) is 2. The molecule has 1 rings (SSSR count). The van der Waals surface area contributed by atoms with Gasteiger partial charge in [-0.25, -0.2) is 9.18 Å². The molecule has 0 fully saturated rings. The smallest absolute Gasteiger partial charge is 0.335 e. The number of carboxylic acids is 1. The second kappa shape index (κ2) is 5.63. The Bertz CT molecular complexity index is 450. The number of alkyl halides is 1. The first kappa shape index (κ1) is 13.4. The SMILES string of the molecule is CC(CCl)C(=O)Nc1cc(C(=O)O)ccc1F. The van der Waals surface area contributed by atoms with Gasteiger partial charge in [-0.2, -0.15) is 0 Å². The summed E-state index contributed by atoms with van der Waals surface area (Å²) < 4.78 is 13.3. The Morgan fingerprint density at radius 2 is 2.18 bits per heavy atom. The molecule has 0 heterocycles. The second-order valence-electron chi connectivity index (χ2n) is 3.54. The van der Waals surface area contributed by atoms with Crippen LogP contribution < -0.4 is 5.32 Å². The number of anilines is 1. The molecule has 0 aromatic heterocycles. The highest BCUT2D eigenvalue weighted by Gasteiger charge is 2.15. The summed E-state index contributed by atoms with van der Waals surface area (Å²) in [5.74, 6) is -2.71. The molecule has 0 saturated carbocycles. The maximum atomic E-state index is 13.3. The van der Waals surface area contributed by atoms with Gasteiger partial charge in [-0.3, -0.25) is 4.79 Å². The van der Waals surface area contributed by atoms with Crippen molar-refractivity contribution in [1.82, 2.24) is 0 Å². The lowest BCUT2D eigenvalue weighted by Gasteiger charge is -2.10. The summed E-state index contributed by atoms with van der Waals surface area (Å²) >= 11 is 5.49. The molecule has 0 saturated heterocycles. The lowest BCUT2D eigenvalue weighted by molar-refractivity contribution is -0.118. The fourth-order valence-corrected chi connectivity index (χ4v) is 1.22. The molecule has 92 valence electrons. The molecule has 6 heteroatoms. The monoisotopic (exact) mass is 259 g/mol. The maximum Gasteiger partial charge on any atom is 0.335 e. The van der Waals surface area contributed by atoms with Crippen molar-refractivity contribution in [1.29, 1.82) is 0 Å². The van der Waals surface area contributed by atoms with E-state index in [1.807, 2.05) is 0 Å². The first-order valence-electron chi connectivity index (χ1n) is 4.85. The molecule has 17 heavy (non-hydrogen) atoms. The molecule has 0 aliphatic rings. The summed E-state index contributed by atoms with van der Waals surface area (Å²) in [5.41, 5.74) is -0.257. The van der Waals surface area contributed by atoms with Crippen molar-refractivity contribution in [3.63, 3.8) is 0 Å². The number of aromatic carboxylic acids is 1. The van der Waals surface area contributed by atoms with Gasteiger partial charge >= 0.3 is 5.97 Å². The number of hydrogen-bond donors (Lipinski definition) is 2. The van der Waals surface area contributed by atoms with E-state index in [-0.39, 0.29) is 17.1 Å². The number of carbonyl (C=O) groups excluding carboxylic acids is 1. The topological polar surface area (TPSA) is 66.4 Å². The van der Waals surface area contributed by atoms with Gasteiger partial charge in [0.2, 0.25) is 5.91 Å². The van der Waals surface area contributed by atoms with Crippen LogP contribution in [0.1, 0.15) is 17.3 Å². The third-order valence-electron chi connectivity index (χ3n) is 2.15. The molecule has 0 bridgehead atoms. The fourth-order valence-electron chi connectivity index (χ4n) is 1.08. The van der Waals surface area contributed by atoms with E-state index in [4.69, 9.17) is 16.7 Å². The van der Waals surface area contributed by atoms with Crippen molar-refractivity contribution in [2.75, 3.05) is 11.2 Å². The molecule has 1 aromatic carbocycles. The van der Waals surface area contributed by atoms with E-state index in [1.165, 1.54) is 0 Å². The molecule has 0 radical (unpaired) electrons. The highest BCUT2D eigenvalue weighted by Crippen LogP contribution is 2.17. The molecule has 0 spiro atoms. The molecule has 1 unspecified atom stereocenters. The largest absolute Gasteiger partial charge is 0.478 e. The molecule has 1 amide bonds. The minimum absolute atomic E-state index is 0.0970. The summed E-state index contributed by atoms with van der Waals surface area (Å²) in [7, 11) is 0. The van der Waals surface area contributed by atoms with Gasteiger partial charge < -0.3 is 10.4 Å². The van der Waals surface area contributed by atoms with Gasteiger partial charge in [0, 0.05) is 11.8 Å². The number of halogens is 2. The van der Waals surface area contributed by atoms with Crippen molar-refractivity contribution >= 4 is 29.2 Å². The molecule has 4 nitrogen and oxygen atoms in total. The minimum Gasteiger partial charge on any atom is -0.478 e. The van der Waals surface area contributed by atoms with E-state index in [0.29, 0.717) is 0 Å². The van der Waals surface area contributed by atoms with E-state index >= 15 is 0 Å². The van der Waals surface area contributed by atoms with E-state index in [2.05, 4.69) is 5.32 Å². The van der Waals surface area contributed by atoms with Gasteiger partial charge in [0.15, 0.2) is 0 Å². The lowest BCUT2D eigenvalue weighted by Crippen LogP contribution is -2.22. The van der Waals surface area contributed by atoms with Crippen LogP contribution in [-0.2, 0) is 4.79 Å². The van der Waals surface area contributed by atoms with Gasteiger partial charge in [0.1, 0.15) is 5.82 Å². The third kappa shape index (κ3) is 3.42. The quantitative estimate of drug-likeness (QED) is 0.816. The Morgan fingerprint density at radius 3 is 2.71 bits per heavy atom. The number of amides is 1. The molecule has 1 atom stereocenters. The fraction of sp³-hybridized carbons (Fsp3) is 0.273. The predicted molar refractivity (Wildman–Crippen MR) is 61.9 cm³/mol. The van der Waals surface area contributed by atoms with Gasteiger partial charge in [0.25, 0.3) is 0 Å². The van der Waals surface area contributed by atoms with E-state index in [1.54, 1.807) is 6.92 Å². The highest BCUT2D eigenvalue weighted by atomic mass is 35.5. The van der Waals surface area contributed by atoms with Crippen LogP contribution in [0.2, 0.25) is 0 Å². The third-order valence-corrected chi connectivity index (χ3v) is 2.61. The first-order valence-corrected chi connectivity index (χ1v) is 5.38. The van der Waals surface area contributed by atoms with Crippen LogP contribution >= 0.6 is 11.6 Å². The minimum atomic E-state index is -1.19. The number of benzene rings is 1. The van der Waals surface area contributed by atoms with Crippen molar-refractivity contribution in [2.45, 2.75) is 6.92 Å². The Labute approximate surface area is 102 Å². The zero-order chi connectivity index (χ0) is 13.0. The van der Waals surface area contributed by atoms with Gasteiger partial charge in [-0.05, 0) is 18.2 Å². The number of carboxylic acid groups (broad SMARTS) is 1. The molecule has 1 aromatic rings. The number of carbonyl (C=O) groups is 2. The van der Waals surface area contributed by atoms with E-state index < -0.39 is 23.6 Å². The second-order valence-corrected chi connectivity index (χ2v) is 3.85. The normalized spacial score (nSPS) is 11.9. The van der Waals surface area contributed by atoms with Crippen molar-refractivity contribution in [2.24, 2.45) is 5.92 Å². The summed E-state index contributed by atoms with van der Waals surface area (Å²) in [6.07, 6.45) is 0. The highest BCUT2D eigenvalue weighted by molar-refractivity contribution is 6.19. The van der Waals surface area contributed by atoms with Crippen LogP contribution in [-0.4, -0.2) is 22.9 Å². The van der Waals surface area contributed by atoms with Crippen molar-refractivity contribution in [3.8, 4) is 0 Å². The molecular formula is C11H11ClFNO3. The van der Waals surface area contributed by atoms with Gasteiger partial charge in [0.05, 0.1) is 11.3 Å². The van der Waals surface area contributed by atoms with Crippen LogP contribution in [0.4, 0.5) is 10.1 Å². The van der Waals surface area contributed by atoms with Crippen LogP contribution in [0.25, 0.3) is 0 Å². The first-order chi connectivity index (χ1) is 7.95. The summed E-state index contributed by atoms with van der Waals surface area (Å²) in [4.78, 5) is 22.2. The Balaban J connectivity index is 2.94. The summed E-state index contributed by atoms with van der Waals surface area (Å²) in [6, 6.07) is 3.18. The standard InChI is InChI=1S/C11H11ClFNO3/c1-6(5-12)10(15)14-9-4-7(11(16)17)2-3-8(9)13/h2-4,6H,5H2,1H3,(H,14,15)(H,16,17). The van der Waals surface area contributed by atoms with E-state index in [9.17, 15) is 14.0 Å². The Morgan fingerprint density at radius 1 is 1.53 bits per heavy atom.